The molecular formula is C26H23BrO4. The van der Waals surface area contributed by atoms with E-state index >= 15 is 0 Å². The lowest BCUT2D eigenvalue weighted by Gasteiger charge is -2.36. The topological polar surface area (TPSA) is 52.6 Å². The van der Waals surface area contributed by atoms with Crippen LogP contribution in [0.25, 0.3) is 0 Å². The minimum absolute atomic E-state index is 0.103. The number of hydrogen-bond donors (Lipinski definition) is 0. The first-order valence-corrected chi connectivity index (χ1v) is 11.6. The predicted molar refractivity (Wildman–Crippen MR) is 121 cm³/mol. The van der Waals surface area contributed by atoms with Gasteiger partial charge >= 0.3 is 0 Å². The highest BCUT2D eigenvalue weighted by Crippen LogP contribution is 2.47. The average Bonchev–Trinajstić information content (AvgIpc) is 2.78. The molecule has 0 spiro atoms. The first-order chi connectivity index (χ1) is 15.1. The van der Waals surface area contributed by atoms with E-state index in [2.05, 4.69) is 15.9 Å². The first kappa shape index (κ1) is 20.3. The molecule has 2 aromatic carbocycles. The summed E-state index contributed by atoms with van der Waals surface area (Å²) in [6.07, 6.45) is 4.18. The van der Waals surface area contributed by atoms with E-state index in [0.717, 1.165) is 58.6 Å². The van der Waals surface area contributed by atoms with Crippen LogP contribution in [0, 0.1) is 0 Å². The van der Waals surface area contributed by atoms with Gasteiger partial charge in [-0.2, -0.15) is 0 Å². The number of benzene rings is 2. The van der Waals surface area contributed by atoms with Crippen molar-refractivity contribution in [1.82, 2.24) is 0 Å². The molecule has 31 heavy (non-hydrogen) atoms. The largest absolute Gasteiger partial charge is 0.489 e. The minimum Gasteiger partial charge on any atom is -0.489 e. The van der Waals surface area contributed by atoms with E-state index in [1.54, 1.807) is 0 Å². The van der Waals surface area contributed by atoms with Crippen molar-refractivity contribution in [2.24, 2.45) is 0 Å². The number of Topliss-reactive ketones (excluding diaryl/α,β-unsaturated/α-hetero) is 2. The summed E-state index contributed by atoms with van der Waals surface area (Å²) < 4.78 is 13.1. The zero-order valence-corrected chi connectivity index (χ0v) is 18.7. The fraction of sp³-hybridized carbons (Fsp3) is 0.308. The van der Waals surface area contributed by atoms with Gasteiger partial charge in [0.1, 0.15) is 23.9 Å². The fourth-order valence-corrected chi connectivity index (χ4v) is 4.92. The van der Waals surface area contributed by atoms with Gasteiger partial charge in [-0.25, -0.2) is 0 Å². The Morgan fingerprint density at radius 2 is 1.39 bits per heavy atom. The van der Waals surface area contributed by atoms with Crippen molar-refractivity contribution in [3.63, 3.8) is 0 Å². The summed E-state index contributed by atoms with van der Waals surface area (Å²) in [5, 5.41) is 0. The Hall–Kier alpha value is -2.66. The second-order valence-electron chi connectivity index (χ2n) is 8.25. The number of hydrogen-bond acceptors (Lipinski definition) is 4. The van der Waals surface area contributed by atoms with Crippen LogP contribution in [0.1, 0.15) is 55.6 Å². The normalized spacial score (nSPS) is 19.1. The molecule has 0 N–H and O–H groups in total. The molecule has 0 unspecified atom stereocenters. The maximum atomic E-state index is 12.8. The van der Waals surface area contributed by atoms with Gasteiger partial charge in [0.15, 0.2) is 11.6 Å². The van der Waals surface area contributed by atoms with Crippen LogP contribution >= 0.6 is 15.9 Å². The van der Waals surface area contributed by atoms with Gasteiger partial charge in [-0.1, -0.05) is 40.2 Å². The lowest BCUT2D eigenvalue weighted by Crippen LogP contribution is -2.30. The molecule has 158 valence electrons. The average molecular weight is 479 g/mol. The van der Waals surface area contributed by atoms with E-state index in [0.29, 0.717) is 30.6 Å². The van der Waals surface area contributed by atoms with E-state index < -0.39 is 0 Å². The number of ether oxygens (including phenoxy) is 2. The van der Waals surface area contributed by atoms with E-state index in [-0.39, 0.29) is 17.5 Å². The fourth-order valence-electron chi connectivity index (χ4n) is 4.65. The van der Waals surface area contributed by atoms with Crippen molar-refractivity contribution in [2.75, 3.05) is 0 Å². The molecule has 1 heterocycles. The van der Waals surface area contributed by atoms with Crippen molar-refractivity contribution in [3.05, 3.63) is 86.8 Å². The molecule has 1 aliphatic heterocycles. The molecule has 4 nitrogen and oxygen atoms in total. The third kappa shape index (κ3) is 3.99. The highest BCUT2D eigenvalue weighted by Gasteiger charge is 2.41. The molecule has 0 bridgehead atoms. The van der Waals surface area contributed by atoms with Gasteiger partial charge in [0.05, 0.1) is 0 Å². The van der Waals surface area contributed by atoms with Crippen molar-refractivity contribution < 1.29 is 19.1 Å². The molecule has 3 aliphatic rings. The zero-order chi connectivity index (χ0) is 21.4. The molecule has 0 radical (unpaired) electrons. The highest BCUT2D eigenvalue weighted by molar-refractivity contribution is 9.10. The second kappa shape index (κ2) is 8.46. The third-order valence-corrected chi connectivity index (χ3v) is 6.70. The number of allylic oxidation sites excluding steroid dienone is 4. The van der Waals surface area contributed by atoms with Crippen LogP contribution in [-0.4, -0.2) is 11.6 Å². The number of halogens is 1. The van der Waals surface area contributed by atoms with Crippen LogP contribution in [0.3, 0.4) is 0 Å². The molecule has 0 fully saturated rings. The number of carbonyl (C=O) groups excluding carboxylic acids is 2. The Kier molecular flexibility index (Phi) is 5.53. The first-order valence-electron chi connectivity index (χ1n) is 10.8. The van der Waals surface area contributed by atoms with Crippen LogP contribution in [0.2, 0.25) is 0 Å². The molecule has 0 atom stereocenters. The van der Waals surface area contributed by atoms with E-state index in [9.17, 15) is 9.59 Å². The SMILES string of the molecule is O=C1CCCC2=C1C(c1ccc(OCc3ccc(Br)cc3)cc1)C1=C(CCCC1=O)O2. The molecule has 0 saturated carbocycles. The molecule has 5 heteroatoms. The van der Waals surface area contributed by atoms with Gasteiger partial charge in [-0.05, 0) is 48.2 Å². The predicted octanol–water partition coefficient (Wildman–Crippen LogP) is 6.16. The maximum absolute atomic E-state index is 12.8. The molecule has 0 amide bonds. The lowest BCUT2D eigenvalue weighted by atomic mass is 9.73. The summed E-state index contributed by atoms with van der Waals surface area (Å²) in [4.78, 5) is 25.7. The Bertz CT molecular complexity index is 1050. The summed E-state index contributed by atoms with van der Waals surface area (Å²) >= 11 is 3.44. The second-order valence-corrected chi connectivity index (χ2v) is 9.16. The number of rotatable bonds is 4. The summed E-state index contributed by atoms with van der Waals surface area (Å²) in [7, 11) is 0. The van der Waals surface area contributed by atoms with Gasteiger partial charge < -0.3 is 9.47 Å². The summed E-state index contributed by atoms with van der Waals surface area (Å²) in [5.41, 5.74) is 3.40. The Labute approximate surface area is 190 Å². The van der Waals surface area contributed by atoms with Crippen LogP contribution in [-0.2, 0) is 20.9 Å². The highest BCUT2D eigenvalue weighted by atomic mass is 79.9. The molecule has 0 aromatic heterocycles. The zero-order valence-electron chi connectivity index (χ0n) is 17.2. The Balaban J connectivity index is 1.43. The summed E-state index contributed by atoms with van der Waals surface area (Å²) in [5.74, 6) is 2.18. The van der Waals surface area contributed by atoms with E-state index in [1.165, 1.54) is 0 Å². The summed E-state index contributed by atoms with van der Waals surface area (Å²) in [6.45, 7) is 0.478. The third-order valence-electron chi connectivity index (χ3n) is 6.17. The van der Waals surface area contributed by atoms with Crippen LogP contribution in [0.4, 0.5) is 0 Å². The van der Waals surface area contributed by atoms with Gasteiger partial charge in [0, 0.05) is 47.2 Å². The maximum Gasteiger partial charge on any atom is 0.163 e. The van der Waals surface area contributed by atoms with Gasteiger partial charge in [-0.15, -0.1) is 0 Å². The minimum atomic E-state index is -0.320. The van der Waals surface area contributed by atoms with Crippen molar-refractivity contribution >= 4 is 27.5 Å². The molecular weight excluding hydrogens is 456 g/mol. The van der Waals surface area contributed by atoms with E-state index in [1.807, 2.05) is 48.5 Å². The van der Waals surface area contributed by atoms with E-state index in [4.69, 9.17) is 9.47 Å². The Morgan fingerprint density at radius 1 is 0.806 bits per heavy atom. The monoisotopic (exact) mass is 478 g/mol. The van der Waals surface area contributed by atoms with Crippen LogP contribution in [0.15, 0.2) is 75.7 Å². The summed E-state index contributed by atoms with van der Waals surface area (Å²) in [6, 6.07) is 15.8. The van der Waals surface area contributed by atoms with Crippen LogP contribution in [0.5, 0.6) is 5.75 Å². The van der Waals surface area contributed by atoms with Crippen molar-refractivity contribution in [2.45, 2.75) is 51.0 Å². The molecule has 2 aromatic rings. The van der Waals surface area contributed by atoms with Gasteiger partial charge in [0.25, 0.3) is 0 Å². The number of carbonyl (C=O) groups is 2. The van der Waals surface area contributed by atoms with Gasteiger partial charge in [-0.3, -0.25) is 9.59 Å². The smallest absolute Gasteiger partial charge is 0.163 e. The van der Waals surface area contributed by atoms with Crippen molar-refractivity contribution in [3.8, 4) is 5.75 Å². The molecule has 2 aliphatic carbocycles. The van der Waals surface area contributed by atoms with Crippen molar-refractivity contribution in [1.29, 1.82) is 0 Å². The lowest BCUT2D eigenvalue weighted by molar-refractivity contribution is -0.117. The number of ketones is 2. The van der Waals surface area contributed by atoms with Gasteiger partial charge in [0.2, 0.25) is 0 Å². The molecule has 0 saturated heterocycles. The Morgan fingerprint density at radius 3 is 1.97 bits per heavy atom. The quantitative estimate of drug-likeness (QED) is 0.528. The standard InChI is InChI=1S/C26H23BrO4/c27-18-11-7-16(8-12-18)15-30-19-13-9-17(10-14-19)24-25-20(28)3-1-5-22(25)31-23-6-2-4-21(29)26(23)24/h7-14,24H,1-6,15H2. The molecule has 5 rings (SSSR count). The van der Waals surface area contributed by atoms with Crippen LogP contribution < -0.4 is 4.74 Å².